The average Bonchev–Trinajstić information content (AvgIpc) is 2.54. The Bertz CT molecular complexity index is 266. The molecule has 1 N–H and O–H groups in total. The number of aromatic nitrogens is 1. The molecule has 0 saturated carbocycles. The predicted molar refractivity (Wildman–Crippen MR) is 49.4 cm³/mol. The van der Waals surface area contributed by atoms with Crippen LogP contribution >= 0.6 is 0 Å². The van der Waals surface area contributed by atoms with Crippen molar-refractivity contribution in [1.29, 1.82) is 0 Å². The van der Waals surface area contributed by atoms with Gasteiger partial charge in [0.1, 0.15) is 5.76 Å². The van der Waals surface area contributed by atoms with Crippen molar-refractivity contribution in [2.45, 2.75) is 13.5 Å². The number of nitrogens with one attached hydrogen (secondary N) is 1. The molecular formula is C9H15N3O. The van der Waals surface area contributed by atoms with Gasteiger partial charge in [0.2, 0.25) is 0 Å². The lowest BCUT2D eigenvalue weighted by Crippen LogP contribution is -2.43. The summed E-state index contributed by atoms with van der Waals surface area (Å²) in [5.41, 5.74) is 1.07. The van der Waals surface area contributed by atoms with Crippen molar-refractivity contribution in [3.8, 4) is 0 Å². The van der Waals surface area contributed by atoms with E-state index in [0.29, 0.717) is 0 Å². The van der Waals surface area contributed by atoms with Crippen LogP contribution in [0.3, 0.4) is 0 Å². The normalized spacial score (nSPS) is 19.2. The highest BCUT2D eigenvalue weighted by molar-refractivity contribution is 5.04. The zero-order valence-corrected chi connectivity index (χ0v) is 7.92. The van der Waals surface area contributed by atoms with Crippen LogP contribution in [0.15, 0.2) is 10.8 Å². The number of aryl methyl sites for hydroxylation is 1. The lowest BCUT2D eigenvalue weighted by molar-refractivity contribution is 0.230. The molecule has 0 bridgehead atoms. The van der Waals surface area contributed by atoms with Gasteiger partial charge in [0.05, 0.1) is 5.69 Å². The molecule has 4 heteroatoms. The molecule has 1 fully saturated rings. The standard InChI is InChI=1S/C9H15N3O/c1-8-9(11-7-13-8)6-12-4-2-10-3-5-12/h7,10H,2-6H2,1H3. The quantitative estimate of drug-likeness (QED) is 0.716. The number of oxazole rings is 1. The van der Waals surface area contributed by atoms with Gasteiger partial charge in [-0.05, 0) is 6.92 Å². The van der Waals surface area contributed by atoms with E-state index in [9.17, 15) is 0 Å². The van der Waals surface area contributed by atoms with Crippen LogP contribution in [0.1, 0.15) is 11.5 Å². The summed E-state index contributed by atoms with van der Waals surface area (Å²) in [5, 5.41) is 3.32. The summed E-state index contributed by atoms with van der Waals surface area (Å²) in [6, 6.07) is 0. The van der Waals surface area contributed by atoms with Gasteiger partial charge in [0.15, 0.2) is 6.39 Å². The fourth-order valence-corrected chi connectivity index (χ4v) is 1.56. The summed E-state index contributed by atoms with van der Waals surface area (Å²) in [6.07, 6.45) is 1.52. The molecule has 4 nitrogen and oxygen atoms in total. The molecule has 0 spiro atoms. The van der Waals surface area contributed by atoms with E-state index in [1.54, 1.807) is 0 Å². The van der Waals surface area contributed by atoms with Gasteiger partial charge in [-0.15, -0.1) is 0 Å². The zero-order valence-electron chi connectivity index (χ0n) is 7.92. The molecule has 0 radical (unpaired) electrons. The van der Waals surface area contributed by atoms with Crippen LogP contribution in [0.2, 0.25) is 0 Å². The molecule has 1 saturated heterocycles. The predicted octanol–water partition coefficient (Wildman–Crippen LogP) is 0.388. The molecule has 1 aromatic heterocycles. The van der Waals surface area contributed by atoms with Gasteiger partial charge in [-0.3, -0.25) is 4.90 Å². The first-order valence-electron chi connectivity index (χ1n) is 4.68. The monoisotopic (exact) mass is 181 g/mol. The van der Waals surface area contributed by atoms with Crippen molar-refractivity contribution in [3.05, 3.63) is 17.8 Å². The lowest BCUT2D eigenvalue weighted by atomic mass is 10.3. The number of hydrogen-bond donors (Lipinski definition) is 1. The van der Waals surface area contributed by atoms with Gasteiger partial charge in [0.25, 0.3) is 0 Å². The molecule has 0 aliphatic carbocycles. The molecular weight excluding hydrogens is 166 g/mol. The van der Waals surface area contributed by atoms with Crippen LogP contribution < -0.4 is 5.32 Å². The van der Waals surface area contributed by atoms with Gasteiger partial charge < -0.3 is 9.73 Å². The van der Waals surface area contributed by atoms with E-state index in [4.69, 9.17) is 4.42 Å². The fourth-order valence-electron chi connectivity index (χ4n) is 1.56. The highest BCUT2D eigenvalue weighted by Gasteiger charge is 2.12. The number of hydrogen-bond acceptors (Lipinski definition) is 4. The van der Waals surface area contributed by atoms with Gasteiger partial charge in [0, 0.05) is 32.7 Å². The third-order valence-electron chi connectivity index (χ3n) is 2.43. The summed E-state index contributed by atoms with van der Waals surface area (Å²) in [7, 11) is 0. The number of rotatable bonds is 2. The van der Waals surface area contributed by atoms with E-state index >= 15 is 0 Å². The molecule has 0 aromatic carbocycles. The second-order valence-corrected chi connectivity index (χ2v) is 3.38. The van der Waals surface area contributed by atoms with Crippen molar-refractivity contribution in [2.24, 2.45) is 0 Å². The second kappa shape index (κ2) is 3.89. The van der Waals surface area contributed by atoms with Crippen LogP contribution in [0.25, 0.3) is 0 Å². The minimum atomic E-state index is 0.921. The minimum absolute atomic E-state index is 0.921. The summed E-state index contributed by atoms with van der Waals surface area (Å²) in [4.78, 5) is 6.57. The Morgan fingerprint density at radius 3 is 2.92 bits per heavy atom. The number of nitrogens with zero attached hydrogens (tertiary/aromatic N) is 2. The van der Waals surface area contributed by atoms with Crippen LogP contribution in [0.5, 0.6) is 0 Å². The summed E-state index contributed by atoms with van der Waals surface area (Å²) in [6.45, 7) is 7.25. The maximum Gasteiger partial charge on any atom is 0.181 e. The SMILES string of the molecule is Cc1ocnc1CN1CCNCC1. The minimum Gasteiger partial charge on any atom is -0.448 e. The van der Waals surface area contributed by atoms with Crippen LogP contribution in [-0.2, 0) is 6.54 Å². The summed E-state index contributed by atoms with van der Waals surface area (Å²) in [5.74, 6) is 0.943. The first-order valence-corrected chi connectivity index (χ1v) is 4.68. The topological polar surface area (TPSA) is 41.3 Å². The smallest absolute Gasteiger partial charge is 0.181 e. The van der Waals surface area contributed by atoms with E-state index in [0.717, 1.165) is 44.2 Å². The van der Waals surface area contributed by atoms with E-state index in [1.165, 1.54) is 6.39 Å². The van der Waals surface area contributed by atoms with Crippen molar-refractivity contribution in [2.75, 3.05) is 26.2 Å². The highest BCUT2D eigenvalue weighted by atomic mass is 16.3. The molecule has 0 amide bonds. The van der Waals surface area contributed by atoms with E-state index in [1.807, 2.05) is 6.92 Å². The highest BCUT2D eigenvalue weighted by Crippen LogP contribution is 2.08. The lowest BCUT2D eigenvalue weighted by Gasteiger charge is -2.26. The molecule has 2 heterocycles. The first kappa shape index (κ1) is 8.72. The summed E-state index contributed by atoms with van der Waals surface area (Å²) < 4.78 is 5.15. The third kappa shape index (κ3) is 2.08. The van der Waals surface area contributed by atoms with E-state index in [-0.39, 0.29) is 0 Å². The Hall–Kier alpha value is -0.870. The maximum atomic E-state index is 5.15. The largest absolute Gasteiger partial charge is 0.448 e. The number of piperazine rings is 1. The fraction of sp³-hybridized carbons (Fsp3) is 0.667. The van der Waals surface area contributed by atoms with Crippen LogP contribution in [0, 0.1) is 6.92 Å². The molecule has 1 aliphatic rings. The Balaban J connectivity index is 1.93. The van der Waals surface area contributed by atoms with Crippen molar-refractivity contribution >= 4 is 0 Å². The van der Waals surface area contributed by atoms with E-state index < -0.39 is 0 Å². The maximum absolute atomic E-state index is 5.15. The molecule has 0 atom stereocenters. The van der Waals surface area contributed by atoms with Gasteiger partial charge in [-0.25, -0.2) is 4.98 Å². The van der Waals surface area contributed by atoms with Crippen molar-refractivity contribution in [1.82, 2.24) is 15.2 Å². The second-order valence-electron chi connectivity index (χ2n) is 3.38. The molecule has 13 heavy (non-hydrogen) atoms. The van der Waals surface area contributed by atoms with Crippen molar-refractivity contribution < 1.29 is 4.42 Å². The third-order valence-corrected chi connectivity index (χ3v) is 2.43. The van der Waals surface area contributed by atoms with E-state index in [2.05, 4.69) is 15.2 Å². The summed E-state index contributed by atoms with van der Waals surface area (Å²) >= 11 is 0. The van der Waals surface area contributed by atoms with Gasteiger partial charge in [-0.1, -0.05) is 0 Å². The molecule has 0 unspecified atom stereocenters. The molecule has 72 valence electrons. The van der Waals surface area contributed by atoms with Crippen LogP contribution in [0.4, 0.5) is 0 Å². The first-order chi connectivity index (χ1) is 6.36. The molecule has 2 rings (SSSR count). The molecule has 1 aromatic rings. The Morgan fingerprint density at radius 1 is 1.54 bits per heavy atom. The Morgan fingerprint density at radius 2 is 2.31 bits per heavy atom. The molecule has 1 aliphatic heterocycles. The van der Waals surface area contributed by atoms with Gasteiger partial charge >= 0.3 is 0 Å². The van der Waals surface area contributed by atoms with Crippen LogP contribution in [-0.4, -0.2) is 36.1 Å². The van der Waals surface area contributed by atoms with Crippen molar-refractivity contribution in [3.63, 3.8) is 0 Å². The van der Waals surface area contributed by atoms with Gasteiger partial charge in [-0.2, -0.15) is 0 Å². The Kier molecular flexibility index (Phi) is 2.61. The zero-order chi connectivity index (χ0) is 9.10. The average molecular weight is 181 g/mol. The Labute approximate surface area is 77.9 Å².